The van der Waals surface area contributed by atoms with Crippen LogP contribution in [0, 0.1) is 11.8 Å². The van der Waals surface area contributed by atoms with E-state index >= 15 is 0 Å². The van der Waals surface area contributed by atoms with Crippen LogP contribution in [-0.4, -0.2) is 66.4 Å². The van der Waals surface area contributed by atoms with Crippen molar-refractivity contribution in [2.75, 3.05) is 33.2 Å². The molecule has 0 radical (unpaired) electrons. The second-order valence-electron chi connectivity index (χ2n) is 7.81. The topological polar surface area (TPSA) is 81.8 Å². The molecule has 0 aromatic heterocycles. The van der Waals surface area contributed by atoms with E-state index in [2.05, 4.69) is 29.5 Å². The Labute approximate surface area is 143 Å². The third-order valence-corrected chi connectivity index (χ3v) is 5.75. The predicted octanol–water partition coefficient (Wildman–Crippen LogP) is 0.555. The zero-order valence-electron chi connectivity index (χ0n) is 14.6. The molecule has 0 bridgehead atoms. The smallest absolute Gasteiger partial charge is 0.325 e. The molecule has 1 spiro atoms. The summed E-state index contributed by atoms with van der Waals surface area (Å²) < 4.78 is 0. The summed E-state index contributed by atoms with van der Waals surface area (Å²) in [7, 11) is 2.07. The van der Waals surface area contributed by atoms with Crippen LogP contribution >= 0.6 is 0 Å². The van der Waals surface area contributed by atoms with E-state index in [1.54, 1.807) is 0 Å². The molecule has 2 aliphatic heterocycles. The van der Waals surface area contributed by atoms with Crippen LogP contribution in [0.3, 0.4) is 0 Å². The first-order chi connectivity index (χ1) is 11.4. The van der Waals surface area contributed by atoms with Crippen LogP contribution in [0.4, 0.5) is 4.79 Å². The Morgan fingerprint density at radius 2 is 2.00 bits per heavy atom. The molecule has 7 nitrogen and oxygen atoms in total. The lowest BCUT2D eigenvalue weighted by atomic mass is 9.77. The van der Waals surface area contributed by atoms with Crippen LogP contribution in [0.2, 0.25) is 0 Å². The zero-order valence-corrected chi connectivity index (χ0v) is 14.6. The average molecular weight is 336 g/mol. The van der Waals surface area contributed by atoms with Gasteiger partial charge in [0, 0.05) is 13.1 Å². The quantitative estimate of drug-likeness (QED) is 0.735. The molecule has 3 aliphatic rings. The van der Waals surface area contributed by atoms with Gasteiger partial charge in [-0.3, -0.25) is 14.5 Å². The minimum Gasteiger partial charge on any atom is -0.354 e. The molecule has 1 aliphatic carbocycles. The van der Waals surface area contributed by atoms with Gasteiger partial charge in [0.05, 0.1) is 0 Å². The van der Waals surface area contributed by atoms with Crippen molar-refractivity contribution >= 4 is 17.8 Å². The number of hydrogen-bond acceptors (Lipinski definition) is 4. The number of carbonyl (C=O) groups is 3. The lowest BCUT2D eigenvalue weighted by molar-refractivity contribution is -0.136. The molecule has 3 fully saturated rings. The lowest BCUT2D eigenvalue weighted by Crippen LogP contribution is -2.50. The van der Waals surface area contributed by atoms with Crippen molar-refractivity contribution in [2.45, 2.75) is 44.6 Å². The Bertz CT molecular complexity index is 528. The van der Waals surface area contributed by atoms with E-state index in [0.29, 0.717) is 31.2 Å². The number of amides is 4. The van der Waals surface area contributed by atoms with Crippen LogP contribution in [0.25, 0.3) is 0 Å². The standard InChI is InChI=1S/C17H28N4O3/c1-12-3-6-17(7-4-12)15(23)21(16(24)19-17)11-14(22)18-9-13-5-8-20(2)10-13/h12-13H,3-11H2,1-2H3,(H,18,22)(H,19,24)/t12?,13-,17?/m1/s1. The molecule has 0 aromatic carbocycles. The zero-order chi connectivity index (χ0) is 17.3. The lowest BCUT2D eigenvalue weighted by Gasteiger charge is -2.33. The van der Waals surface area contributed by atoms with E-state index in [-0.39, 0.29) is 18.4 Å². The highest BCUT2D eigenvalue weighted by Crippen LogP contribution is 2.36. The monoisotopic (exact) mass is 336 g/mol. The minimum absolute atomic E-state index is 0.176. The van der Waals surface area contributed by atoms with Crippen molar-refractivity contribution in [2.24, 2.45) is 11.8 Å². The first-order valence-electron chi connectivity index (χ1n) is 8.99. The first-order valence-corrected chi connectivity index (χ1v) is 8.99. The maximum atomic E-state index is 12.7. The fraction of sp³-hybridized carbons (Fsp3) is 0.824. The normalized spacial score (nSPS) is 34.0. The van der Waals surface area contributed by atoms with Gasteiger partial charge in [-0.25, -0.2) is 4.79 Å². The van der Waals surface area contributed by atoms with Gasteiger partial charge < -0.3 is 15.5 Å². The van der Waals surface area contributed by atoms with E-state index < -0.39 is 11.6 Å². The van der Waals surface area contributed by atoms with Crippen molar-refractivity contribution in [3.63, 3.8) is 0 Å². The highest BCUT2D eigenvalue weighted by molar-refractivity contribution is 6.09. The van der Waals surface area contributed by atoms with Crippen LogP contribution < -0.4 is 10.6 Å². The molecule has 3 rings (SSSR count). The molecular formula is C17H28N4O3. The maximum Gasteiger partial charge on any atom is 0.325 e. The van der Waals surface area contributed by atoms with Gasteiger partial charge in [-0.15, -0.1) is 0 Å². The van der Waals surface area contributed by atoms with Crippen molar-refractivity contribution in [3.8, 4) is 0 Å². The minimum atomic E-state index is -0.766. The number of likely N-dealkylation sites (tertiary alicyclic amines) is 1. The van der Waals surface area contributed by atoms with E-state index in [1.165, 1.54) is 0 Å². The molecule has 2 saturated heterocycles. The summed E-state index contributed by atoms with van der Waals surface area (Å²) in [5.41, 5.74) is -0.766. The molecule has 1 atom stereocenters. The van der Waals surface area contributed by atoms with Crippen LogP contribution in [0.15, 0.2) is 0 Å². The number of imide groups is 1. The molecule has 0 aromatic rings. The molecule has 1 saturated carbocycles. The van der Waals surface area contributed by atoms with Crippen LogP contribution in [0.5, 0.6) is 0 Å². The van der Waals surface area contributed by atoms with Crippen LogP contribution in [0.1, 0.15) is 39.0 Å². The van der Waals surface area contributed by atoms with E-state index in [1.807, 2.05) is 0 Å². The van der Waals surface area contributed by atoms with Crippen molar-refractivity contribution < 1.29 is 14.4 Å². The fourth-order valence-corrected chi connectivity index (χ4v) is 4.06. The Balaban J connectivity index is 1.52. The Kier molecular flexibility index (Phi) is 4.80. The van der Waals surface area contributed by atoms with Gasteiger partial charge in [0.25, 0.3) is 5.91 Å². The largest absolute Gasteiger partial charge is 0.354 e. The second-order valence-corrected chi connectivity index (χ2v) is 7.81. The molecule has 0 unspecified atom stereocenters. The predicted molar refractivity (Wildman–Crippen MR) is 89.2 cm³/mol. The van der Waals surface area contributed by atoms with E-state index in [0.717, 1.165) is 37.3 Å². The molecular weight excluding hydrogens is 308 g/mol. The highest BCUT2D eigenvalue weighted by Gasteiger charge is 2.52. The number of nitrogens with zero attached hydrogens (tertiary/aromatic N) is 2. The van der Waals surface area contributed by atoms with Gasteiger partial charge in [-0.2, -0.15) is 0 Å². The molecule has 134 valence electrons. The summed E-state index contributed by atoms with van der Waals surface area (Å²) in [5.74, 6) is 0.555. The fourth-order valence-electron chi connectivity index (χ4n) is 4.06. The molecule has 2 heterocycles. The summed E-state index contributed by atoms with van der Waals surface area (Å²) >= 11 is 0. The molecule has 7 heteroatoms. The van der Waals surface area contributed by atoms with Crippen molar-refractivity contribution in [3.05, 3.63) is 0 Å². The summed E-state index contributed by atoms with van der Waals surface area (Å²) in [6.45, 7) is 4.62. The Morgan fingerprint density at radius 1 is 1.29 bits per heavy atom. The third kappa shape index (κ3) is 3.41. The molecule has 24 heavy (non-hydrogen) atoms. The molecule has 2 N–H and O–H groups in total. The van der Waals surface area contributed by atoms with Crippen LogP contribution in [-0.2, 0) is 9.59 Å². The summed E-state index contributed by atoms with van der Waals surface area (Å²) in [5, 5.41) is 5.72. The van der Waals surface area contributed by atoms with Crippen molar-refractivity contribution in [1.29, 1.82) is 0 Å². The Hall–Kier alpha value is -1.63. The van der Waals surface area contributed by atoms with E-state index in [4.69, 9.17) is 0 Å². The number of rotatable bonds is 4. The second kappa shape index (κ2) is 6.70. The van der Waals surface area contributed by atoms with Gasteiger partial charge in [0.15, 0.2) is 0 Å². The summed E-state index contributed by atoms with van der Waals surface area (Å²) in [4.78, 5) is 40.4. The SMILES string of the molecule is CC1CCC2(CC1)NC(=O)N(CC(=O)NC[C@H]1CCN(C)C1)C2=O. The van der Waals surface area contributed by atoms with Crippen molar-refractivity contribution in [1.82, 2.24) is 20.4 Å². The van der Waals surface area contributed by atoms with E-state index in [9.17, 15) is 14.4 Å². The van der Waals surface area contributed by atoms with Gasteiger partial charge in [-0.05, 0) is 57.5 Å². The summed E-state index contributed by atoms with van der Waals surface area (Å²) in [6.07, 6.45) is 4.28. The maximum absolute atomic E-state index is 12.7. The number of carbonyl (C=O) groups excluding carboxylic acids is 3. The first kappa shape index (κ1) is 17.2. The average Bonchev–Trinajstić information content (AvgIpc) is 3.06. The van der Waals surface area contributed by atoms with Gasteiger partial charge in [0.1, 0.15) is 12.1 Å². The van der Waals surface area contributed by atoms with Gasteiger partial charge in [0.2, 0.25) is 5.91 Å². The number of nitrogens with one attached hydrogen (secondary N) is 2. The Morgan fingerprint density at radius 3 is 2.62 bits per heavy atom. The third-order valence-electron chi connectivity index (χ3n) is 5.75. The summed E-state index contributed by atoms with van der Waals surface area (Å²) in [6, 6.07) is -0.426. The van der Waals surface area contributed by atoms with Gasteiger partial charge in [-0.1, -0.05) is 6.92 Å². The number of urea groups is 1. The molecule has 4 amide bonds. The highest BCUT2D eigenvalue weighted by atomic mass is 16.2. The van der Waals surface area contributed by atoms with Gasteiger partial charge >= 0.3 is 6.03 Å². The number of hydrogen-bond donors (Lipinski definition) is 2.